The Morgan fingerprint density at radius 2 is 1.86 bits per heavy atom. The fourth-order valence-electron chi connectivity index (χ4n) is 3.21. The van der Waals surface area contributed by atoms with E-state index in [9.17, 15) is 9.90 Å². The summed E-state index contributed by atoms with van der Waals surface area (Å²) in [6, 6.07) is 7.56. The average Bonchev–Trinajstić information content (AvgIpc) is 2.47. The van der Waals surface area contributed by atoms with E-state index in [0.29, 0.717) is 0 Å². The molecule has 2 aromatic rings. The molecule has 1 aromatic heterocycles. The van der Waals surface area contributed by atoms with E-state index in [4.69, 9.17) is 0 Å². The Morgan fingerprint density at radius 1 is 1.19 bits per heavy atom. The van der Waals surface area contributed by atoms with Crippen LogP contribution in [0.1, 0.15) is 49.4 Å². The first-order chi connectivity index (χ1) is 10.1. The highest BCUT2D eigenvalue weighted by atomic mass is 16.4. The SMILES string of the molecule is CC1(Nc2ncc(C(=O)O)c3ccccc23)CCCCC1. The molecule has 1 saturated carbocycles. The second-order valence-electron chi connectivity index (χ2n) is 6.12. The Balaban J connectivity index is 2.03. The molecule has 4 heteroatoms. The lowest BCUT2D eigenvalue weighted by Crippen LogP contribution is -2.37. The highest BCUT2D eigenvalue weighted by Gasteiger charge is 2.27. The Labute approximate surface area is 124 Å². The fourth-order valence-corrected chi connectivity index (χ4v) is 3.21. The number of nitrogens with zero attached hydrogens (tertiary/aromatic N) is 1. The number of carbonyl (C=O) groups is 1. The normalized spacial score (nSPS) is 17.6. The number of benzene rings is 1. The van der Waals surface area contributed by atoms with Crippen molar-refractivity contribution in [3.8, 4) is 0 Å². The molecular weight excluding hydrogens is 264 g/mol. The Kier molecular flexibility index (Phi) is 3.53. The summed E-state index contributed by atoms with van der Waals surface area (Å²) in [6.07, 6.45) is 7.47. The van der Waals surface area contributed by atoms with Crippen molar-refractivity contribution in [1.29, 1.82) is 0 Å². The van der Waals surface area contributed by atoms with Gasteiger partial charge in [0.05, 0.1) is 5.56 Å². The van der Waals surface area contributed by atoms with Gasteiger partial charge in [-0.3, -0.25) is 0 Å². The van der Waals surface area contributed by atoms with Gasteiger partial charge in [-0.15, -0.1) is 0 Å². The quantitative estimate of drug-likeness (QED) is 0.892. The molecule has 21 heavy (non-hydrogen) atoms. The van der Waals surface area contributed by atoms with Crippen LogP contribution in [0.15, 0.2) is 30.5 Å². The number of anilines is 1. The summed E-state index contributed by atoms with van der Waals surface area (Å²) in [7, 11) is 0. The lowest BCUT2D eigenvalue weighted by molar-refractivity contribution is 0.0698. The number of aromatic carboxylic acids is 1. The van der Waals surface area contributed by atoms with E-state index in [1.165, 1.54) is 25.5 Å². The number of rotatable bonds is 3. The number of fused-ring (bicyclic) bond motifs is 1. The maximum absolute atomic E-state index is 11.3. The molecule has 0 radical (unpaired) electrons. The Hall–Kier alpha value is -2.10. The summed E-state index contributed by atoms with van der Waals surface area (Å²) >= 11 is 0. The van der Waals surface area contributed by atoms with Gasteiger partial charge < -0.3 is 10.4 Å². The van der Waals surface area contributed by atoms with Crippen LogP contribution in [-0.2, 0) is 0 Å². The third-order valence-corrected chi connectivity index (χ3v) is 4.40. The van der Waals surface area contributed by atoms with Gasteiger partial charge in [-0.25, -0.2) is 9.78 Å². The van der Waals surface area contributed by atoms with Gasteiger partial charge in [-0.1, -0.05) is 43.5 Å². The third-order valence-electron chi connectivity index (χ3n) is 4.40. The molecule has 0 bridgehead atoms. The topological polar surface area (TPSA) is 62.2 Å². The standard InChI is InChI=1S/C17H20N2O2/c1-17(9-5-2-6-10-17)19-15-13-8-4-3-7-12(13)14(11-18-15)16(20)21/h3-4,7-8,11H,2,5-6,9-10H2,1H3,(H,18,19)(H,20,21). The van der Waals surface area contributed by atoms with Crippen molar-refractivity contribution < 1.29 is 9.90 Å². The van der Waals surface area contributed by atoms with Crippen LogP contribution >= 0.6 is 0 Å². The number of hydrogen-bond acceptors (Lipinski definition) is 3. The van der Waals surface area contributed by atoms with E-state index in [1.54, 1.807) is 0 Å². The number of pyridine rings is 1. The van der Waals surface area contributed by atoms with Crippen LogP contribution in [-0.4, -0.2) is 21.6 Å². The average molecular weight is 284 g/mol. The Morgan fingerprint density at radius 3 is 2.52 bits per heavy atom. The molecular formula is C17H20N2O2. The lowest BCUT2D eigenvalue weighted by Gasteiger charge is -2.35. The second kappa shape index (κ2) is 5.35. The highest BCUT2D eigenvalue weighted by Crippen LogP contribution is 2.33. The molecule has 1 aromatic carbocycles. The molecule has 1 heterocycles. The van der Waals surface area contributed by atoms with Crippen LogP contribution in [0.5, 0.6) is 0 Å². The smallest absolute Gasteiger partial charge is 0.337 e. The first-order valence-corrected chi connectivity index (χ1v) is 7.48. The van der Waals surface area contributed by atoms with Gasteiger partial charge in [-0.2, -0.15) is 0 Å². The molecule has 0 saturated heterocycles. The molecule has 2 N–H and O–H groups in total. The maximum atomic E-state index is 11.3. The minimum absolute atomic E-state index is 0.0543. The molecule has 110 valence electrons. The van der Waals surface area contributed by atoms with E-state index in [-0.39, 0.29) is 11.1 Å². The molecule has 0 amide bonds. The van der Waals surface area contributed by atoms with Gasteiger partial charge in [0.15, 0.2) is 0 Å². The van der Waals surface area contributed by atoms with E-state index >= 15 is 0 Å². The lowest BCUT2D eigenvalue weighted by atomic mass is 9.83. The minimum Gasteiger partial charge on any atom is -0.478 e. The van der Waals surface area contributed by atoms with Crippen molar-refractivity contribution in [1.82, 2.24) is 4.98 Å². The minimum atomic E-state index is -0.936. The predicted octanol–water partition coefficient (Wildman–Crippen LogP) is 4.07. The molecule has 4 nitrogen and oxygen atoms in total. The van der Waals surface area contributed by atoms with Crippen molar-refractivity contribution in [2.75, 3.05) is 5.32 Å². The summed E-state index contributed by atoms with van der Waals surface area (Å²) in [5.74, 6) is -0.144. The van der Waals surface area contributed by atoms with E-state index in [2.05, 4.69) is 17.2 Å². The van der Waals surface area contributed by atoms with E-state index in [1.807, 2.05) is 24.3 Å². The van der Waals surface area contributed by atoms with Gasteiger partial charge in [0.2, 0.25) is 0 Å². The zero-order chi connectivity index (χ0) is 14.9. The molecule has 3 rings (SSSR count). The van der Waals surface area contributed by atoms with Crippen molar-refractivity contribution in [3.63, 3.8) is 0 Å². The van der Waals surface area contributed by atoms with Crippen LogP contribution in [0.25, 0.3) is 10.8 Å². The van der Waals surface area contributed by atoms with Gasteiger partial charge in [0, 0.05) is 22.5 Å². The number of carboxylic acid groups (broad SMARTS) is 1. The largest absolute Gasteiger partial charge is 0.478 e. The fraction of sp³-hybridized carbons (Fsp3) is 0.412. The molecule has 1 aliphatic rings. The highest BCUT2D eigenvalue weighted by molar-refractivity contribution is 6.06. The van der Waals surface area contributed by atoms with E-state index < -0.39 is 5.97 Å². The monoisotopic (exact) mass is 284 g/mol. The zero-order valence-electron chi connectivity index (χ0n) is 12.2. The molecule has 1 fully saturated rings. The first-order valence-electron chi connectivity index (χ1n) is 7.48. The zero-order valence-corrected chi connectivity index (χ0v) is 12.2. The molecule has 1 aliphatic carbocycles. The molecule has 0 unspecified atom stereocenters. The second-order valence-corrected chi connectivity index (χ2v) is 6.12. The molecule has 0 spiro atoms. The molecule has 0 atom stereocenters. The number of carboxylic acids is 1. The Bertz CT molecular complexity index is 676. The van der Waals surface area contributed by atoms with Crippen LogP contribution < -0.4 is 5.32 Å². The third kappa shape index (κ3) is 2.71. The number of hydrogen-bond donors (Lipinski definition) is 2. The van der Waals surface area contributed by atoms with Gasteiger partial charge in [-0.05, 0) is 19.8 Å². The van der Waals surface area contributed by atoms with Crippen molar-refractivity contribution in [3.05, 3.63) is 36.0 Å². The van der Waals surface area contributed by atoms with Gasteiger partial charge >= 0.3 is 5.97 Å². The number of aromatic nitrogens is 1. The predicted molar refractivity (Wildman–Crippen MR) is 83.8 cm³/mol. The van der Waals surface area contributed by atoms with Crippen molar-refractivity contribution >= 4 is 22.6 Å². The van der Waals surface area contributed by atoms with E-state index in [0.717, 1.165) is 29.4 Å². The van der Waals surface area contributed by atoms with Gasteiger partial charge in [0.25, 0.3) is 0 Å². The first kappa shape index (κ1) is 13.9. The maximum Gasteiger partial charge on any atom is 0.337 e. The summed E-state index contributed by atoms with van der Waals surface area (Å²) in [5, 5.41) is 14.5. The molecule has 0 aliphatic heterocycles. The van der Waals surface area contributed by atoms with Crippen LogP contribution in [0, 0.1) is 0 Å². The summed E-state index contributed by atoms with van der Waals surface area (Å²) in [4.78, 5) is 15.7. The van der Waals surface area contributed by atoms with Crippen LogP contribution in [0.2, 0.25) is 0 Å². The van der Waals surface area contributed by atoms with Crippen LogP contribution in [0.4, 0.5) is 5.82 Å². The summed E-state index contributed by atoms with van der Waals surface area (Å²) in [5.41, 5.74) is 0.309. The summed E-state index contributed by atoms with van der Waals surface area (Å²) < 4.78 is 0. The van der Waals surface area contributed by atoms with Crippen molar-refractivity contribution in [2.45, 2.75) is 44.6 Å². The van der Waals surface area contributed by atoms with Crippen molar-refractivity contribution in [2.24, 2.45) is 0 Å². The van der Waals surface area contributed by atoms with Crippen LogP contribution in [0.3, 0.4) is 0 Å². The van der Waals surface area contributed by atoms with Gasteiger partial charge in [0.1, 0.15) is 5.82 Å². The summed E-state index contributed by atoms with van der Waals surface area (Å²) in [6.45, 7) is 2.23. The number of nitrogens with one attached hydrogen (secondary N) is 1.